The molecule has 31 heavy (non-hydrogen) atoms. The third-order valence-electron chi connectivity index (χ3n) is 4.72. The van der Waals surface area contributed by atoms with Crippen LogP contribution in [-0.4, -0.2) is 57.5 Å². The number of aliphatic hydroxyl groups is 3. The van der Waals surface area contributed by atoms with Crippen molar-refractivity contribution in [1.82, 2.24) is 0 Å². The largest absolute Gasteiger partial charge is 0.456 e. The second kappa shape index (κ2) is 12.0. The van der Waals surface area contributed by atoms with Crippen LogP contribution in [-0.2, 0) is 22.7 Å². The second-order valence-corrected chi connectivity index (χ2v) is 6.83. The molecular formula is C22H26O9. The highest BCUT2D eigenvalue weighted by atomic mass is 16.5. The van der Waals surface area contributed by atoms with Gasteiger partial charge in [0.2, 0.25) is 0 Å². The molecule has 0 spiro atoms. The number of aldehydes is 3. The zero-order valence-corrected chi connectivity index (χ0v) is 16.8. The van der Waals surface area contributed by atoms with Gasteiger partial charge in [-0.25, -0.2) is 0 Å². The molecule has 3 heterocycles. The molecule has 0 amide bonds. The van der Waals surface area contributed by atoms with Crippen LogP contribution in [0.4, 0.5) is 0 Å². The lowest BCUT2D eigenvalue weighted by molar-refractivity contribution is -0.127. The van der Waals surface area contributed by atoms with Crippen LogP contribution in [0.3, 0.4) is 0 Å². The van der Waals surface area contributed by atoms with E-state index in [1.165, 1.54) is 6.07 Å². The number of ether oxygens (including phenoxy) is 1. The maximum absolute atomic E-state index is 10.6. The molecule has 9 nitrogen and oxygen atoms in total. The maximum Gasteiger partial charge on any atom is 0.185 e. The summed E-state index contributed by atoms with van der Waals surface area (Å²) < 4.78 is 10.2. The van der Waals surface area contributed by atoms with Crippen molar-refractivity contribution in [2.45, 2.75) is 37.3 Å². The zero-order chi connectivity index (χ0) is 22.0. The molecule has 2 aliphatic heterocycles. The van der Waals surface area contributed by atoms with Crippen LogP contribution in [0.1, 0.15) is 45.1 Å². The van der Waals surface area contributed by atoms with Crippen molar-refractivity contribution in [2.24, 2.45) is 0 Å². The molecule has 0 saturated carbocycles. The van der Waals surface area contributed by atoms with E-state index in [4.69, 9.17) is 24.5 Å². The Morgan fingerprint density at radius 2 is 1.58 bits per heavy atom. The van der Waals surface area contributed by atoms with Gasteiger partial charge < -0.3 is 29.9 Å². The minimum Gasteiger partial charge on any atom is -0.456 e. The molecule has 168 valence electrons. The Balaban J connectivity index is 0.000000230. The lowest BCUT2D eigenvalue weighted by Crippen LogP contribution is -2.30. The third-order valence-corrected chi connectivity index (χ3v) is 4.72. The first-order valence-corrected chi connectivity index (χ1v) is 9.25. The van der Waals surface area contributed by atoms with Crippen molar-refractivity contribution in [3.05, 3.63) is 71.2 Å². The lowest BCUT2D eigenvalue weighted by Gasteiger charge is -2.18. The van der Waals surface area contributed by atoms with Crippen LogP contribution in [0.25, 0.3) is 0 Å². The van der Waals surface area contributed by atoms with Gasteiger partial charge in [-0.15, -0.1) is 0 Å². The number of aliphatic hydroxyl groups excluding tert-OH is 3. The number of hydrogen-bond acceptors (Lipinski definition) is 8. The Bertz CT molecular complexity index is 871. The van der Waals surface area contributed by atoms with Crippen LogP contribution in [0.15, 0.2) is 53.0 Å². The highest BCUT2D eigenvalue weighted by molar-refractivity contribution is 5.74. The van der Waals surface area contributed by atoms with Crippen LogP contribution in [0.5, 0.6) is 0 Å². The summed E-state index contributed by atoms with van der Waals surface area (Å²) in [6, 6.07) is 9.88. The van der Waals surface area contributed by atoms with E-state index in [-0.39, 0.29) is 31.1 Å². The fraction of sp³-hybridized carbons (Fsp3) is 0.318. The summed E-state index contributed by atoms with van der Waals surface area (Å²) >= 11 is 0. The molecule has 0 radical (unpaired) electrons. The van der Waals surface area contributed by atoms with Crippen molar-refractivity contribution >= 4 is 18.9 Å². The van der Waals surface area contributed by atoms with Crippen molar-refractivity contribution in [3.8, 4) is 0 Å². The molecule has 2 unspecified atom stereocenters. The van der Waals surface area contributed by atoms with Gasteiger partial charge in [-0.2, -0.15) is 0 Å². The minimum absolute atomic E-state index is 0. The predicted molar refractivity (Wildman–Crippen MR) is 109 cm³/mol. The van der Waals surface area contributed by atoms with Gasteiger partial charge in [0.05, 0.1) is 13.2 Å². The SMILES string of the molecule is O.O=CC12C=CC(CO)(CC1)O2.O=Cc1ccc(CO)cc1.O=Cc1ccc(CO)o1. The summed E-state index contributed by atoms with van der Waals surface area (Å²) in [5.74, 6) is 0.663. The third kappa shape index (κ3) is 6.78. The van der Waals surface area contributed by atoms with Gasteiger partial charge in [-0.3, -0.25) is 14.4 Å². The van der Waals surface area contributed by atoms with Gasteiger partial charge in [0.15, 0.2) is 18.3 Å². The zero-order valence-electron chi connectivity index (χ0n) is 16.8. The fourth-order valence-corrected chi connectivity index (χ4v) is 2.95. The number of furan rings is 1. The number of fused-ring (bicyclic) bond motifs is 2. The van der Waals surface area contributed by atoms with Crippen molar-refractivity contribution in [3.63, 3.8) is 0 Å². The molecule has 2 bridgehead atoms. The summed E-state index contributed by atoms with van der Waals surface area (Å²) in [5, 5.41) is 26.0. The molecule has 2 aliphatic rings. The average Bonchev–Trinajstić information content (AvgIpc) is 3.54. The van der Waals surface area contributed by atoms with Crippen molar-refractivity contribution < 1.29 is 44.3 Å². The minimum atomic E-state index is -0.706. The van der Waals surface area contributed by atoms with Gasteiger partial charge >= 0.3 is 0 Å². The maximum atomic E-state index is 10.6. The van der Waals surface area contributed by atoms with Gasteiger partial charge in [-0.05, 0) is 36.6 Å². The Morgan fingerprint density at radius 1 is 0.871 bits per heavy atom. The van der Waals surface area contributed by atoms with Crippen LogP contribution in [0, 0.1) is 0 Å². The topological polar surface area (TPSA) is 166 Å². The number of rotatable bonds is 6. The number of hydrogen-bond donors (Lipinski definition) is 3. The van der Waals surface area contributed by atoms with Crippen molar-refractivity contribution in [2.75, 3.05) is 6.61 Å². The number of carbonyl (C=O) groups excluding carboxylic acids is 3. The van der Waals surface area contributed by atoms with E-state index in [2.05, 4.69) is 0 Å². The Labute approximate surface area is 178 Å². The highest BCUT2D eigenvalue weighted by Gasteiger charge is 2.51. The van der Waals surface area contributed by atoms with Crippen molar-refractivity contribution in [1.29, 1.82) is 0 Å². The van der Waals surface area contributed by atoms with E-state index in [9.17, 15) is 14.4 Å². The Morgan fingerprint density at radius 3 is 1.90 bits per heavy atom. The normalized spacial score (nSPS) is 22.3. The molecule has 1 fully saturated rings. The van der Waals surface area contributed by atoms with E-state index in [0.717, 1.165) is 24.6 Å². The van der Waals surface area contributed by atoms with E-state index < -0.39 is 11.2 Å². The first-order chi connectivity index (χ1) is 14.5. The summed E-state index contributed by atoms with van der Waals surface area (Å²) in [6.07, 6.45) is 7.19. The standard InChI is InChI=1S/C8H10O3.C8H8O2.C6H6O3.H2O/c9-5-7-1-2-8(6-10,11-7)4-3-7;9-5-7-1-2-8(6-10)4-3-7;7-3-5-1-2-6(4-8)9-5;/h1-2,5,10H,3-4,6H2;1-5,10H,6H2;1-3,8H,4H2;1H2. The lowest BCUT2D eigenvalue weighted by atomic mass is 9.90. The van der Waals surface area contributed by atoms with E-state index in [0.29, 0.717) is 24.0 Å². The summed E-state index contributed by atoms with van der Waals surface area (Å²) in [4.78, 5) is 30.7. The predicted octanol–water partition coefficient (Wildman–Crippen LogP) is 0.786. The molecule has 1 aromatic heterocycles. The number of carbonyl (C=O) groups is 3. The highest BCUT2D eigenvalue weighted by Crippen LogP contribution is 2.44. The summed E-state index contributed by atoms with van der Waals surface area (Å²) in [7, 11) is 0. The first-order valence-electron chi connectivity index (χ1n) is 9.25. The van der Waals surface area contributed by atoms with Gasteiger partial charge in [-0.1, -0.05) is 30.3 Å². The van der Waals surface area contributed by atoms with E-state index in [1.807, 2.05) is 0 Å². The smallest absolute Gasteiger partial charge is 0.185 e. The van der Waals surface area contributed by atoms with E-state index in [1.54, 1.807) is 42.5 Å². The second-order valence-electron chi connectivity index (χ2n) is 6.83. The average molecular weight is 434 g/mol. The molecular weight excluding hydrogens is 408 g/mol. The monoisotopic (exact) mass is 434 g/mol. The van der Waals surface area contributed by atoms with Gasteiger partial charge in [0.1, 0.15) is 29.9 Å². The van der Waals surface area contributed by atoms with Crippen LogP contribution in [0.2, 0.25) is 0 Å². The molecule has 1 saturated heterocycles. The van der Waals surface area contributed by atoms with Crippen LogP contribution >= 0.6 is 0 Å². The molecule has 4 rings (SSSR count). The first kappa shape index (κ1) is 26.1. The quantitative estimate of drug-likeness (QED) is 0.443. The van der Waals surface area contributed by atoms with Crippen LogP contribution < -0.4 is 0 Å². The molecule has 0 aliphatic carbocycles. The van der Waals surface area contributed by atoms with Gasteiger partial charge in [0, 0.05) is 5.56 Å². The summed E-state index contributed by atoms with van der Waals surface area (Å²) in [5.41, 5.74) is 0.215. The fourth-order valence-electron chi connectivity index (χ4n) is 2.95. The number of benzene rings is 1. The molecule has 2 aromatic rings. The molecule has 2 atom stereocenters. The Hall–Kier alpha value is -2.95. The molecule has 9 heteroatoms. The van der Waals surface area contributed by atoms with E-state index >= 15 is 0 Å². The molecule has 5 N–H and O–H groups in total. The summed E-state index contributed by atoms with van der Waals surface area (Å²) in [6.45, 7) is -0.161. The molecule has 1 aromatic carbocycles. The Kier molecular flexibility index (Phi) is 10.1. The van der Waals surface area contributed by atoms with Gasteiger partial charge in [0.25, 0.3) is 0 Å².